The molecule has 0 saturated carbocycles. The molecule has 0 atom stereocenters. The highest BCUT2D eigenvalue weighted by Gasteiger charge is 2.11. The summed E-state index contributed by atoms with van der Waals surface area (Å²) in [7, 11) is 0. The summed E-state index contributed by atoms with van der Waals surface area (Å²) in [6.45, 7) is 0. The number of carboxylic acid groups (broad SMARTS) is 1. The highest BCUT2D eigenvalue weighted by molar-refractivity contribution is 7.98. The van der Waals surface area contributed by atoms with E-state index < -0.39 is 5.97 Å². The fourth-order valence-electron chi connectivity index (χ4n) is 1.16. The molecule has 0 spiro atoms. The summed E-state index contributed by atoms with van der Waals surface area (Å²) < 4.78 is 0.486. The number of aromatic carboxylic acids is 1. The van der Waals surface area contributed by atoms with Gasteiger partial charge < -0.3 is 5.11 Å². The molecule has 0 aliphatic rings. The second-order valence-corrected chi connectivity index (χ2v) is 5.69. The molecular formula is C10H7ClN2O2S2. The van der Waals surface area contributed by atoms with Crippen LogP contribution in [-0.2, 0) is 5.75 Å². The van der Waals surface area contributed by atoms with Crippen molar-refractivity contribution >= 4 is 40.7 Å². The van der Waals surface area contributed by atoms with Gasteiger partial charge in [0, 0.05) is 23.0 Å². The number of carbonyl (C=O) groups is 1. The second-order valence-electron chi connectivity index (χ2n) is 3.03. The first-order valence-electron chi connectivity index (χ1n) is 4.58. The smallest absolute Gasteiger partial charge is 0.338 e. The van der Waals surface area contributed by atoms with E-state index in [9.17, 15) is 4.79 Å². The van der Waals surface area contributed by atoms with Crippen LogP contribution in [0.2, 0.25) is 4.47 Å². The highest BCUT2D eigenvalue weighted by Crippen LogP contribution is 2.27. The lowest BCUT2D eigenvalue weighted by Gasteiger charge is -2.02. The number of thiazole rings is 1. The normalized spacial score (nSPS) is 10.4. The van der Waals surface area contributed by atoms with Crippen molar-refractivity contribution in [3.8, 4) is 0 Å². The summed E-state index contributed by atoms with van der Waals surface area (Å²) in [5.74, 6) is -0.357. The van der Waals surface area contributed by atoms with Crippen LogP contribution in [0.1, 0.15) is 15.2 Å². The van der Waals surface area contributed by atoms with E-state index in [4.69, 9.17) is 16.7 Å². The van der Waals surface area contributed by atoms with E-state index in [1.54, 1.807) is 18.5 Å². The lowest BCUT2D eigenvalue weighted by molar-refractivity contribution is 0.0692. The monoisotopic (exact) mass is 286 g/mol. The van der Waals surface area contributed by atoms with Gasteiger partial charge in [0.1, 0.15) is 5.03 Å². The zero-order valence-corrected chi connectivity index (χ0v) is 10.8. The Bertz CT molecular complexity index is 545. The number of rotatable bonds is 4. The summed E-state index contributed by atoms with van der Waals surface area (Å²) in [5, 5.41) is 9.49. The molecule has 2 rings (SSSR count). The van der Waals surface area contributed by atoms with Crippen molar-refractivity contribution in [2.75, 3.05) is 0 Å². The van der Waals surface area contributed by atoms with Gasteiger partial charge >= 0.3 is 5.97 Å². The van der Waals surface area contributed by atoms with Crippen molar-refractivity contribution in [2.45, 2.75) is 10.8 Å². The van der Waals surface area contributed by atoms with Crippen LogP contribution in [0.25, 0.3) is 0 Å². The van der Waals surface area contributed by atoms with Gasteiger partial charge in [-0.2, -0.15) is 0 Å². The number of nitrogens with zero attached hydrogens (tertiary/aromatic N) is 2. The van der Waals surface area contributed by atoms with Crippen LogP contribution in [0.15, 0.2) is 29.6 Å². The van der Waals surface area contributed by atoms with Crippen molar-refractivity contribution in [1.29, 1.82) is 0 Å². The molecule has 7 heteroatoms. The maximum absolute atomic E-state index is 11.0. The molecule has 2 heterocycles. The first-order valence-corrected chi connectivity index (χ1v) is 6.76. The van der Waals surface area contributed by atoms with Crippen molar-refractivity contribution < 1.29 is 9.90 Å². The molecule has 2 aromatic heterocycles. The van der Waals surface area contributed by atoms with Crippen LogP contribution in [0, 0.1) is 0 Å². The predicted molar refractivity (Wildman–Crippen MR) is 67.9 cm³/mol. The van der Waals surface area contributed by atoms with Gasteiger partial charge in [-0.15, -0.1) is 11.3 Å². The molecule has 4 nitrogen and oxygen atoms in total. The zero-order chi connectivity index (χ0) is 12.3. The van der Waals surface area contributed by atoms with Gasteiger partial charge in [0.25, 0.3) is 0 Å². The fraction of sp³-hybridized carbons (Fsp3) is 0.100. The molecule has 0 saturated heterocycles. The van der Waals surface area contributed by atoms with Crippen LogP contribution in [0.3, 0.4) is 0 Å². The summed E-state index contributed by atoms with van der Waals surface area (Å²) in [6, 6.07) is 3.15. The zero-order valence-electron chi connectivity index (χ0n) is 8.46. The number of hydrogen-bond acceptors (Lipinski definition) is 5. The molecule has 0 aliphatic carbocycles. The maximum atomic E-state index is 11.0. The molecule has 0 radical (unpaired) electrons. The molecular weight excluding hydrogens is 280 g/mol. The van der Waals surface area contributed by atoms with E-state index in [0.717, 1.165) is 4.88 Å². The average Bonchev–Trinajstić information content (AvgIpc) is 2.73. The largest absolute Gasteiger partial charge is 0.478 e. The molecule has 0 unspecified atom stereocenters. The third-order valence-electron chi connectivity index (χ3n) is 1.88. The molecule has 0 aromatic carbocycles. The second kappa shape index (κ2) is 5.48. The molecule has 2 aromatic rings. The molecule has 0 fully saturated rings. The van der Waals surface area contributed by atoms with Crippen LogP contribution in [0.4, 0.5) is 0 Å². The van der Waals surface area contributed by atoms with Gasteiger partial charge in [0.15, 0.2) is 4.47 Å². The molecule has 0 amide bonds. The van der Waals surface area contributed by atoms with Crippen molar-refractivity contribution in [2.24, 2.45) is 0 Å². The molecule has 0 aliphatic heterocycles. The quantitative estimate of drug-likeness (QED) is 0.875. The molecule has 1 N–H and O–H groups in total. The Hall–Kier alpha value is -1.11. The summed E-state index contributed by atoms with van der Waals surface area (Å²) >= 11 is 8.45. The first-order chi connectivity index (χ1) is 8.16. The van der Waals surface area contributed by atoms with E-state index in [1.165, 1.54) is 29.2 Å². The Morgan fingerprint density at radius 3 is 3.00 bits per heavy atom. The molecule has 0 bridgehead atoms. The SMILES string of the molecule is O=C(O)c1cccnc1SCc1cnc(Cl)s1. The minimum absolute atomic E-state index is 0.216. The number of aromatic nitrogens is 2. The van der Waals surface area contributed by atoms with Crippen LogP contribution in [-0.4, -0.2) is 21.0 Å². The van der Waals surface area contributed by atoms with Gasteiger partial charge in [0.05, 0.1) is 5.56 Å². The Kier molecular flexibility index (Phi) is 3.98. The Morgan fingerprint density at radius 1 is 1.53 bits per heavy atom. The van der Waals surface area contributed by atoms with Crippen LogP contribution in [0.5, 0.6) is 0 Å². The lowest BCUT2D eigenvalue weighted by atomic mass is 10.3. The standard InChI is InChI=1S/C10H7ClN2O2S2/c11-10-13-4-6(17-10)5-16-8-7(9(14)15)2-1-3-12-8/h1-4H,5H2,(H,14,15). The summed E-state index contributed by atoms with van der Waals surface area (Å²) in [5.41, 5.74) is 0.216. The van der Waals surface area contributed by atoms with Crippen LogP contribution >= 0.6 is 34.7 Å². The third kappa shape index (κ3) is 3.18. The minimum Gasteiger partial charge on any atom is -0.478 e. The third-order valence-corrected chi connectivity index (χ3v) is 4.23. The van der Waals surface area contributed by atoms with Gasteiger partial charge in [-0.3, -0.25) is 0 Å². The van der Waals surface area contributed by atoms with E-state index in [2.05, 4.69) is 9.97 Å². The molecule has 17 heavy (non-hydrogen) atoms. The average molecular weight is 287 g/mol. The van der Waals surface area contributed by atoms with Gasteiger partial charge in [-0.05, 0) is 12.1 Å². The van der Waals surface area contributed by atoms with E-state index >= 15 is 0 Å². The van der Waals surface area contributed by atoms with E-state index in [1.807, 2.05) is 0 Å². The Labute approximate surface area is 111 Å². The number of hydrogen-bond donors (Lipinski definition) is 1. The predicted octanol–water partition coefficient (Wildman–Crippen LogP) is 3.18. The number of pyridine rings is 1. The van der Waals surface area contributed by atoms with Crippen molar-refractivity contribution in [3.05, 3.63) is 39.4 Å². The fourth-order valence-corrected chi connectivity index (χ4v) is 3.14. The summed E-state index contributed by atoms with van der Waals surface area (Å²) in [6.07, 6.45) is 3.26. The first kappa shape index (κ1) is 12.3. The topological polar surface area (TPSA) is 63.1 Å². The van der Waals surface area contributed by atoms with Crippen LogP contribution < -0.4 is 0 Å². The summed E-state index contributed by atoms with van der Waals surface area (Å²) in [4.78, 5) is 19.9. The van der Waals surface area contributed by atoms with Gasteiger partial charge in [0.2, 0.25) is 0 Å². The van der Waals surface area contributed by atoms with Crippen molar-refractivity contribution in [1.82, 2.24) is 9.97 Å². The number of halogens is 1. The van der Waals surface area contributed by atoms with Crippen molar-refractivity contribution in [3.63, 3.8) is 0 Å². The van der Waals surface area contributed by atoms with Gasteiger partial charge in [-0.25, -0.2) is 14.8 Å². The van der Waals surface area contributed by atoms with E-state index in [-0.39, 0.29) is 5.56 Å². The Morgan fingerprint density at radius 2 is 2.35 bits per heavy atom. The van der Waals surface area contributed by atoms with E-state index in [0.29, 0.717) is 15.2 Å². The Balaban J connectivity index is 2.11. The molecule has 88 valence electrons. The van der Waals surface area contributed by atoms with Gasteiger partial charge in [-0.1, -0.05) is 23.4 Å². The number of thioether (sulfide) groups is 1. The number of carboxylic acids is 1. The minimum atomic E-state index is -0.970. The highest BCUT2D eigenvalue weighted by atomic mass is 35.5. The maximum Gasteiger partial charge on any atom is 0.338 e. The lowest BCUT2D eigenvalue weighted by Crippen LogP contribution is -2.00.